The van der Waals surface area contributed by atoms with Crippen molar-refractivity contribution in [2.24, 2.45) is 5.92 Å². The van der Waals surface area contributed by atoms with Gasteiger partial charge in [-0.1, -0.05) is 38.8 Å². The largest absolute Gasteiger partial charge is 0.325 e. The Balaban J connectivity index is 2.12. The van der Waals surface area contributed by atoms with Gasteiger partial charge < -0.3 is 4.90 Å². The summed E-state index contributed by atoms with van der Waals surface area (Å²) in [5.41, 5.74) is 0.899. The topological polar surface area (TPSA) is 20.3 Å². The maximum absolute atomic E-state index is 13.4. The van der Waals surface area contributed by atoms with Gasteiger partial charge in [-0.2, -0.15) is 0 Å². The van der Waals surface area contributed by atoms with Gasteiger partial charge in [0.25, 0.3) is 0 Å². The van der Waals surface area contributed by atoms with Gasteiger partial charge in [-0.3, -0.25) is 4.79 Å². The molecule has 0 bridgehead atoms. The van der Waals surface area contributed by atoms with E-state index in [2.05, 4.69) is 13.8 Å². The lowest BCUT2D eigenvalue weighted by molar-refractivity contribution is -0.136. The van der Waals surface area contributed by atoms with Crippen LogP contribution in [0.25, 0.3) is 0 Å². The second kappa shape index (κ2) is 7.83. The quantitative estimate of drug-likeness (QED) is 0.764. The smallest absolute Gasteiger partial charge is 0.226 e. The van der Waals surface area contributed by atoms with E-state index in [4.69, 9.17) is 0 Å². The molecular formula is C17H24FNOS. The molecule has 0 saturated carbocycles. The van der Waals surface area contributed by atoms with Gasteiger partial charge in [-0.15, -0.1) is 11.8 Å². The maximum atomic E-state index is 13.4. The highest BCUT2D eigenvalue weighted by Gasteiger charge is 2.33. The molecule has 1 aromatic rings. The molecule has 1 saturated heterocycles. The highest BCUT2D eigenvalue weighted by molar-refractivity contribution is 7.99. The summed E-state index contributed by atoms with van der Waals surface area (Å²) in [6.07, 6.45) is 4.06. The summed E-state index contributed by atoms with van der Waals surface area (Å²) in [6, 6.07) is 6.64. The predicted octanol–water partition coefficient (Wildman–Crippen LogP) is 4.62. The van der Waals surface area contributed by atoms with E-state index >= 15 is 0 Å². The normalized spacial score (nSPS) is 19.8. The fourth-order valence-corrected chi connectivity index (χ4v) is 4.07. The molecule has 2 atom stereocenters. The van der Waals surface area contributed by atoms with Crippen molar-refractivity contribution in [3.05, 3.63) is 35.6 Å². The van der Waals surface area contributed by atoms with Crippen LogP contribution in [0.2, 0.25) is 0 Å². The molecule has 0 aliphatic carbocycles. The van der Waals surface area contributed by atoms with Gasteiger partial charge >= 0.3 is 0 Å². The molecule has 1 amide bonds. The van der Waals surface area contributed by atoms with Crippen molar-refractivity contribution >= 4 is 17.7 Å². The third kappa shape index (κ3) is 4.00. The molecule has 116 valence electrons. The van der Waals surface area contributed by atoms with Gasteiger partial charge in [0, 0.05) is 18.2 Å². The molecule has 21 heavy (non-hydrogen) atoms. The van der Waals surface area contributed by atoms with Crippen LogP contribution in [0.15, 0.2) is 24.3 Å². The molecule has 0 N–H and O–H groups in total. The lowest BCUT2D eigenvalue weighted by Gasteiger charge is -2.28. The second-order valence-electron chi connectivity index (χ2n) is 5.56. The van der Waals surface area contributed by atoms with E-state index in [0.29, 0.717) is 0 Å². The van der Waals surface area contributed by atoms with Crippen molar-refractivity contribution in [1.29, 1.82) is 0 Å². The van der Waals surface area contributed by atoms with Crippen LogP contribution in [0, 0.1) is 11.7 Å². The molecule has 0 unspecified atom stereocenters. The Morgan fingerprint density at radius 3 is 2.95 bits per heavy atom. The van der Waals surface area contributed by atoms with E-state index in [9.17, 15) is 9.18 Å². The molecule has 4 heteroatoms. The van der Waals surface area contributed by atoms with Gasteiger partial charge in [0.1, 0.15) is 11.2 Å². The lowest BCUT2D eigenvalue weighted by atomic mass is 9.97. The zero-order valence-electron chi connectivity index (χ0n) is 12.8. The summed E-state index contributed by atoms with van der Waals surface area (Å²) in [5, 5.41) is -0.0242. The number of rotatable bonds is 6. The number of hydrogen-bond acceptors (Lipinski definition) is 2. The van der Waals surface area contributed by atoms with Crippen LogP contribution >= 0.6 is 11.8 Å². The van der Waals surface area contributed by atoms with Gasteiger partial charge in [0.15, 0.2) is 0 Å². The number of halogens is 1. The van der Waals surface area contributed by atoms with Crippen LogP contribution in [0.3, 0.4) is 0 Å². The van der Waals surface area contributed by atoms with E-state index < -0.39 is 0 Å². The monoisotopic (exact) mass is 309 g/mol. The predicted molar refractivity (Wildman–Crippen MR) is 86.6 cm³/mol. The van der Waals surface area contributed by atoms with E-state index in [-0.39, 0.29) is 23.0 Å². The molecule has 1 aliphatic rings. The number of carbonyl (C=O) groups excluding carboxylic acids is 1. The van der Waals surface area contributed by atoms with Crippen LogP contribution in [-0.2, 0) is 4.79 Å². The van der Waals surface area contributed by atoms with Crippen molar-refractivity contribution in [3.63, 3.8) is 0 Å². The Labute approximate surface area is 131 Å². The van der Waals surface area contributed by atoms with Crippen molar-refractivity contribution in [2.45, 2.75) is 44.9 Å². The average molecular weight is 309 g/mol. The Hall–Kier alpha value is -1.03. The standard InChI is InChI=1S/C17H24FNOS/c1-3-5-7-13(4-2)16(20)19-10-11-21-17(19)14-8-6-9-15(18)12-14/h6,8-9,12-13,17H,3-5,7,10-11H2,1-2H3/t13-,17+/m1/s1. The van der Waals surface area contributed by atoms with Crippen LogP contribution in [0.5, 0.6) is 0 Å². The number of unbranched alkanes of at least 4 members (excludes halogenated alkanes) is 1. The van der Waals surface area contributed by atoms with Crippen LogP contribution in [0.4, 0.5) is 4.39 Å². The minimum atomic E-state index is -0.231. The number of amides is 1. The van der Waals surface area contributed by atoms with Gasteiger partial charge in [0.2, 0.25) is 5.91 Å². The molecule has 2 rings (SSSR count). The first-order chi connectivity index (χ1) is 10.2. The summed E-state index contributed by atoms with van der Waals surface area (Å²) >= 11 is 1.73. The Morgan fingerprint density at radius 2 is 2.29 bits per heavy atom. The minimum Gasteiger partial charge on any atom is -0.325 e. The third-order valence-corrected chi connectivity index (χ3v) is 5.32. The fraction of sp³-hybridized carbons (Fsp3) is 0.588. The van der Waals surface area contributed by atoms with E-state index in [1.165, 1.54) is 6.07 Å². The maximum Gasteiger partial charge on any atom is 0.226 e. The summed E-state index contributed by atoms with van der Waals surface area (Å²) in [7, 11) is 0. The van der Waals surface area contributed by atoms with E-state index in [1.54, 1.807) is 23.9 Å². The molecular weight excluding hydrogens is 285 g/mol. The summed E-state index contributed by atoms with van der Waals surface area (Å²) < 4.78 is 13.4. The third-order valence-electron chi connectivity index (χ3n) is 4.06. The van der Waals surface area contributed by atoms with Crippen LogP contribution in [-0.4, -0.2) is 23.1 Å². The number of thioether (sulfide) groups is 1. The molecule has 2 nitrogen and oxygen atoms in total. The van der Waals surface area contributed by atoms with E-state index in [1.807, 2.05) is 11.0 Å². The summed E-state index contributed by atoms with van der Waals surface area (Å²) in [4.78, 5) is 14.7. The molecule has 1 fully saturated rings. The highest BCUT2D eigenvalue weighted by atomic mass is 32.2. The SMILES string of the molecule is CCCC[C@@H](CC)C(=O)N1CCS[C@H]1c1cccc(F)c1. The number of hydrogen-bond donors (Lipinski definition) is 0. The van der Waals surface area contributed by atoms with Crippen LogP contribution in [0.1, 0.15) is 50.5 Å². The number of nitrogens with zero attached hydrogens (tertiary/aromatic N) is 1. The average Bonchev–Trinajstić information content (AvgIpc) is 2.97. The number of carbonyl (C=O) groups is 1. The Morgan fingerprint density at radius 1 is 1.48 bits per heavy atom. The lowest BCUT2D eigenvalue weighted by Crippen LogP contribution is -2.35. The first kappa shape index (κ1) is 16.3. The zero-order valence-corrected chi connectivity index (χ0v) is 13.7. The minimum absolute atomic E-state index is 0.0242. The van der Waals surface area contributed by atoms with Gasteiger partial charge in [0.05, 0.1) is 0 Å². The van der Waals surface area contributed by atoms with Gasteiger partial charge in [-0.25, -0.2) is 4.39 Å². The summed E-state index contributed by atoms with van der Waals surface area (Å²) in [6.45, 7) is 5.00. The highest BCUT2D eigenvalue weighted by Crippen LogP contribution is 2.39. The fourth-order valence-electron chi connectivity index (χ4n) is 2.82. The molecule has 0 spiro atoms. The van der Waals surface area contributed by atoms with Crippen molar-refractivity contribution in [1.82, 2.24) is 4.90 Å². The first-order valence-electron chi connectivity index (χ1n) is 7.84. The zero-order chi connectivity index (χ0) is 15.2. The molecule has 1 aromatic carbocycles. The molecule has 0 aromatic heterocycles. The van der Waals surface area contributed by atoms with Crippen molar-refractivity contribution in [2.75, 3.05) is 12.3 Å². The molecule has 0 radical (unpaired) electrons. The Bertz CT molecular complexity index is 480. The van der Waals surface area contributed by atoms with Crippen molar-refractivity contribution in [3.8, 4) is 0 Å². The van der Waals surface area contributed by atoms with E-state index in [0.717, 1.165) is 43.5 Å². The summed E-state index contributed by atoms with van der Waals surface area (Å²) in [5.74, 6) is 1.05. The molecule has 1 aliphatic heterocycles. The second-order valence-corrected chi connectivity index (χ2v) is 6.75. The number of benzene rings is 1. The van der Waals surface area contributed by atoms with Crippen LogP contribution < -0.4 is 0 Å². The first-order valence-corrected chi connectivity index (χ1v) is 8.89. The van der Waals surface area contributed by atoms with Gasteiger partial charge in [-0.05, 0) is 30.5 Å². The molecule has 1 heterocycles. The Kier molecular flexibility index (Phi) is 6.09. The van der Waals surface area contributed by atoms with Crippen molar-refractivity contribution < 1.29 is 9.18 Å².